The first-order valence-electron chi connectivity index (χ1n) is 4.56. The van der Waals surface area contributed by atoms with Crippen LogP contribution in [0.1, 0.15) is 19.4 Å². The molecule has 0 saturated heterocycles. The van der Waals surface area contributed by atoms with E-state index >= 15 is 0 Å². The minimum absolute atomic E-state index is 0.0318. The van der Waals surface area contributed by atoms with Gasteiger partial charge in [0, 0.05) is 12.7 Å². The zero-order valence-corrected chi connectivity index (χ0v) is 9.32. The molecular weight excluding hydrogens is 180 g/mol. The molecule has 82 valence electrons. The van der Waals surface area contributed by atoms with Gasteiger partial charge in [-0.15, -0.1) is 0 Å². The molecule has 1 rings (SSSR count). The van der Waals surface area contributed by atoms with E-state index in [9.17, 15) is 0 Å². The molecule has 3 nitrogen and oxygen atoms in total. The second kappa shape index (κ2) is 11.9. The molecule has 0 aliphatic rings. The summed E-state index contributed by atoms with van der Waals surface area (Å²) in [7, 11) is 2.59. The number of ether oxygens (including phenoxy) is 1. The van der Waals surface area contributed by atoms with Crippen LogP contribution >= 0.6 is 0 Å². The summed E-state index contributed by atoms with van der Waals surface area (Å²) < 4.78 is 4.98. The average molecular weight is 200 g/mol. The number of aliphatic hydroxyl groups is 2. The van der Waals surface area contributed by atoms with E-state index < -0.39 is 0 Å². The maximum Gasteiger partial charge on any atom is 0.124 e. The molecule has 0 radical (unpaired) electrons. The predicted molar refractivity (Wildman–Crippen MR) is 58.4 cm³/mol. The van der Waals surface area contributed by atoms with Crippen LogP contribution in [0.3, 0.4) is 0 Å². The molecule has 0 aliphatic heterocycles. The van der Waals surface area contributed by atoms with Crippen LogP contribution in [-0.2, 0) is 6.61 Å². The monoisotopic (exact) mass is 200 g/mol. The molecule has 0 amide bonds. The molecule has 0 aliphatic carbocycles. The number of hydrogen-bond acceptors (Lipinski definition) is 3. The Bertz CT molecular complexity index is 188. The summed E-state index contributed by atoms with van der Waals surface area (Å²) >= 11 is 0. The highest BCUT2D eigenvalue weighted by atomic mass is 16.5. The normalized spacial score (nSPS) is 7.57. The summed E-state index contributed by atoms with van der Waals surface area (Å²) in [6.07, 6.45) is 0. The van der Waals surface area contributed by atoms with Crippen molar-refractivity contribution in [3.05, 3.63) is 29.8 Å². The second-order valence-electron chi connectivity index (χ2n) is 1.97. The van der Waals surface area contributed by atoms with Crippen molar-refractivity contribution >= 4 is 0 Å². The highest BCUT2D eigenvalue weighted by Crippen LogP contribution is 2.16. The third kappa shape index (κ3) is 5.56. The van der Waals surface area contributed by atoms with E-state index in [2.05, 4.69) is 0 Å². The number of hydrogen-bond donors (Lipinski definition) is 2. The summed E-state index contributed by atoms with van der Waals surface area (Å²) in [6.45, 7) is 4.03. The van der Waals surface area contributed by atoms with Crippen molar-refractivity contribution in [3.8, 4) is 5.75 Å². The van der Waals surface area contributed by atoms with Gasteiger partial charge in [-0.25, -0.2) is 0 Å². The van der Waals surface area contributed by atoms with Crippen LogP contribution in [0.5, 0.6) is 5.75 Å². The van der Waals surface area contributed by atoms with Gasteiger partial charge < -0.3 is 14.9 Å². The minimum Gasteiger partial charge on any atom is -0.496 e. The standard InChI is InChI=1S/C8H10O2.C2H6.CH4O/c1-10-8-5-3-2-4-7(8)6-9;2*1-2/h2-5,9H,6H2,1H3;1-2H3;2H,1H3. The molecule has 0 unspecified atom stereocenters. The Balaban J connectivity index is 0. The Morgan fingerprint density at radius 1 is 1.14 bits per heavy atom. The largest absolute Gasteiger partial charge is 0.496 e. The van der Waals surface area contributed by atoms with Gasteiger partial charge in [0.1, 0.15) is 5.75 Å². The first kappa shape index (κ1) is 15.4. The van der Waals surface area contributed by atoms with Crippen molar-refractivity contribution in [2.75, 3.05) is 14.2 Å². The fraction of sp³-hybridized carbons (Fsp3) is 0.455. The van der Waals surface area contributed by atoms with Gasteiger partial charge in [0.05, 0.1) is 13.7 Å². The number of benzene rings is 1. The van der Waals surface area contributed by atoms with Crippen molar-refractivity contribution in [2.24, 2.45) is 0 Å². The zero-order valence-electron chi connectivity index (χ0n) is 9.32. The third-order valence-electron chi connectivity index (χ3n) is 1.36. The van der Waals surface area contributed by atoms with Crippen LogP contribution in [0.25, 0.3) is 0 Å². The van der Waals surface area contributed by atoms with Gasteiger partial charge in [0.15, 0.2) is 0 Å². The molecule has 1 aromatic rings. The van der Waals surface area contributed by atoms with Gasteiger partial charge in [0.25, 0.3) is 0 Å². The fourth-order valence-corrected chi connectivity index (χ4v) is 0.834. The lowest BCUT2D eigenvalue weighted by atomic mass is 10.2. The fourth-order valence-electron chi connectivity index (χ4n) is 0.834. The summed E-state index contributed by atoms with van der Waals surface area (Å²) in [6, 6.07) is 7.40. The lowest BCUT2D eigenvalue weighted by molar-refractivity contribution is 0.274. The number of para-hydroxylation sites is 1. The first-order chi connectivity index (χ1) is 6.88. The lowest BCUT2D eigenvalue weighted by Gasteiger charge is -2.03. The van der Waals surface area contributed by atoms with Crippen molar-refractivity contribution in [2.45, 2.75) is 20.5 Å². The maximum atomic E-state index is 8.77. The van der Waals surface area contributed by atoms with Crippen molar-refractivity contribution in [3.63, 3.8) is 0 Å². The highest BCUT2D eigenvalue weighted by Gasteiger charge is 1.96. The molecule has 0 spiro atoms. The van der Waals surface area contributed by atoms with Crippen LogP contribution in [0.15, 0.2) is 24.3 Å². The van der Waals surface area contributed by atoms with E-state index in [0.717, 1.165) is 18.4 Å². The van der Waals surface area contributed by atoms with E-state index in [1.54, 1.807) is 7.11 Å². The Kier molecular flexibility index (Phi) is 13.1. The van der Waals surface area contributed by atoms with E-state index in [-0.39, 0.29) is 6.61 Å². The van der Waals surface area contributed by atoms with Crippen molar-refractivity contribution in [1.29, 1.82) is 0 Å². The van der Waals surface area contributed by atoms with Gasteiger partial charge in [-0.2, -0.15) is 0 Å². The Hall–Kier alpha value is -1.06. The van der Waals surface area contributed by atoms with Crippen LogP contribution in [0.2, 0.25) is 0 Å². The molecule has 14 heavy (non-hydrogen) atoms. The molecule has 0 heterocycles. The van der Waals surface area contributed by atoms with Gasteiger partial charge in [-0.3, -0.25) is 0 Å². The van der Waals surface area contributed by atoms with Crippen molar-refractivity contribution in [1.82, 2.24) is 0 Å². The van der Waals surface area contributed by atoms with Gasteiger partial charge in [-0.1, -0.05) is 32.0 Å². The Labute approximate surface area is 86.0 Å². The SMILES string of the molecule is CC.CO.COc1ccccc1CO. The first-order valence-corrected chi connectivity index (χ1v) is 4.56. The van der Waals surface area contributed by atoms with Gasteiger partial charge in [-0.05, 0) is 6.07 Å². The zero-order chi connectivity index (χ0) is 11.4. The molecular formula is C11H20O3. The topological polar surface area (TPSA) is 49.7 Å². The van der Waals surface area contributed by atoms with E-state index in [4.69, 9.17) is 14.9 Å². The van der Waals surface area contributed by atoms with Crippen LogP contribution in [0, 0.1) is 0 Å². The summed E-state index contributed by atoms with van der Waals surface area (Å²) in [5.41, 5.74) is 0.824. The van der Waals surface area contributed by atoms with Crippen LogP contribution in [-0.4, -0.2) is 24.4 Å². The highest BCUT2D eigenvalue weighted by molar-refractivity contribution is 5.32. The molecule has 0 atom stereocenters. The Morgan fingerprint density at radius 2 is 1.64 bits per heavy atom. The molecule has 0 fully saturated rings. The average Bonchev–Trinajstić information content (AvgIpc) is 2.34. The Morgan fingerprint density at radius 3 is 2.00 bits per heavy atom. The number of methoxy groups -OCH3 is 1. The van der Waals surface area contributed by atoms with Crippen molar-refractivity contribution < 1.29 is 14.9 Å². The molecule has 0 saturated carbocycles. The third-order valence-corrected chi connectivity index (χ3v) is 1.36. The van der Waals surface area contributed by atoms with E-state index in [1.165, 1.54) is 0 Å². The lowest BCUT2D eigenvalue weighted by Crippen LogP contribution is -1.89. The molecule has 3 heteroatoms. The van der Waals surface area contributed by atoms with E-state index in [0.29, 0.717) is 0 Å². The molecule has 0 bridgehead atoms. The smallest absolute Gasteiger partial charge is 0.124 e. The maximum absolute atomic E-state index is 8.77. The number of rotatable bonds is 2. The van der Waals surface area contributed by atoms with Crippen LogP contribution in [0.4, 0.5) is 0 Å². The predicted octanol–water partition coefficient (Wildman–Crippen LogP) is 1.82. The molecule has 0 aromatic heterocycles. The summed E-state index contributed by atoms with van der Waals surface area (Å²) in [5.74, 6) is 0.741. The van der Waals surface area contributed by atoms with E-state index in [1.807, 2.05) is 38.1 Å². The van der Waals surface area contributed by atoms with Gasteiger partial charge in [0.2, 0.25) is 0 Å². The second-order valence-corrected chi connectivity index (χ2v) is 1.97. The quantitative estimate of drug-likeness (QED) is 0.765. The summed E-state index contributed by atoms with van der Waals surface area (Å²) in [5, 5.41) is 15.8. The van der Waals surface area contributed by atoms with Gasteiger partial charge >= 0.3 is 0 Å². The van der Waals surface area contributed by atoms with Crippen LogP contribution < -0.4 is 4.74 Å². The summed E-state index contributed by atoms with van der Waals surface area (Å²) in [4.78, 5) is 0. The molecule has 1 aromatic carbocycles. The number of aliphatic hydroxyl groups excluding tert-OH is 2. The molecule has 2 N–H and O–H groups in total. The minimum atomic E-state index is 0.0318.